The Labute approximate surface area is 185 Å². The number of ether oxygens (including phenoxy) is 1. The highest BCUT2D eigenvalue weighted by atomic mass is 16.5. The molecule has 1 saturated carbocycles. The molecule has 162 valence electrons. The van der Waals surface area contributed by atoms with Crippen LogP contribution in [0.1, 0.15) is 32.1 Å². The molecule has 8 nitrogen and oxygen atoms in total. The largest absolute Gasteiger partial charge is 0.457 e. The summed E-state index contributed by atoms with van der Waals surface area (Å²) in [5.41, 5.74) is 2.98. The molecule has 3 N–H and O–H groups in total. The third-order valence-electron chi connectivity index (χ3n) is 5.67. The first kappa shape index (κ1) is 20.0. The molecule has 8 heteroatoms. The smallest absolute Gasteiger partial charge is 0.319 e. The van der Waals surface area contributed by atoms with Crippen LogP contribution in [-0.4, -0.2) is 32.2 Å². The van der Waals surface area contributed by atoms with E-state index in [1.807, 2.05) is 48.5 Å². The molecule has 0 aliphatic heterocycles. The summed E-state index contributed by atoms with van der Waals surface area (Å²) in [5, 5.41) is 13.7. The molecule has 2 aromatic carbocycles. The molecule has 0 radical (unpaired) electrons. The van der Waals surface area contributed by atoms with Gasteiger partial charge in [0.05, 0.1) is 17.3 Å². The van der Waals surface area contributed by atoms with Gasteiger partial charge >= 0.3 is 6.03 Å². The van der Waals surface area contributed by atoms with Crippen LogP contribution in [0.3, 0.4) is 0 Å². The van der Waals surface area contributed by atoms with E-state index >= 15 is 0 Å². The van der Waals surface area contributed by atoms with Crippen molar-refractivity contribution < 1.29 is 9.53 Å². The highest BCUT2D eigenvalue weighted by Gasteiger charge is 2.16. The van der Waals surface area contributed by atoms with Crippen molar-refractivity contribution in [1.82, 2.24) is 25.5 Å². The summed E-state index contributed by atoms with van der Waals surface area (Å²) in [5.74, 6) is 1.33. The van der Waals surface area contributed by atoms with Gasteiger partial charge in [-0.1, -0.05) is 31.4 Å². The van der Waals surface area contributed by atoms with Crippen molar-refractivity contribution >= 4 is 22.8 Å². The Balaban J connectivity index is 1.29. The van der Waals surface area contributed by atoms with Crippen LogP contribution in [0, 0.1) is 0 Å². The van der Waals surface area contributed by atoms with Crippen molar-refractivity contribution in [3.8, 4) is 22.8 Å². The highest BCUT2D eigenvalue weighted by molar-refractivity contribution is 5.91. The summed E-state index contributed by atoms with van der Waals surface area (Å²) in [6, 6.07) is 15.1. The molecule has 4 aromatic rings. The predicted octanol–water partition coefficient (Wildman–Crippen LogP) is 5.27. The first-order valence-corrected chi connectivity index (χ1v) is 10.9. The molecule has 32 heavy (non-hydrogen) atoms. The van der Waals surface area contributed by atoms with Crippen molar-refractivity contribution in [2.24, 2.45) is 0 Å². The number of amides is 2. The van der Waals surface area contributed by atoms with E-state index < -0.39 is 0 Å². The van der Waals surface area contributed by atoms with Crippen molar-refractivity contribution in [2.75, 3.05) is 5.32 Å². The van der Waals surface area contributed by atoms with Gasteiger partial charge in [0.2, 0.25) is 0 Å². The third-order valence-corrected chi connectivity index (χ3v) is 5.67. The van der Waals surface area contributed by atoms with Crippen LogP contribution >= 0.6 is 0 Å². The monoisotopic (exact) mass is 428 g/mol. The van der Waals surface area contributed by atoms with Gasteiger partial charge in [-0.3, -0.25) is 5.10 Å². The quantitative estimate of drug-likeness (QED) is 0.402. The molecule has 0 saturated heterocycles. The van der Waals surface area contributed by atoms with E-state index in [2.05, 4.69) is 30.8 Å². The number of hydrogen-bond acceptors (Lipinski definition) is 5. The van der Waals surface area contributed by atoms with Gasteiger partial charge < -0.3 is 15.4 Å². The molecule has 1 aliphatic rings. The predicted molar refractivity (Wildman–Crippen MR) is 123 cm³/mol. The van der Waals surface area contributed by atoms with Gasteiger partial charge in [-0.2, -0.15) is 5.10 Å². The third kappa shape index (κ3) is 4.39. The second-order valence-electron chi connectivity index (χ2n) is 7.91. The Morgan fingerprint density at radius 1 is 1.00 bits per heavy atom. The average Bonchev–Trinajstić information content (AvgIpc) is 3.31. The van der Waals surface area contributed by atoms with Crippen LogP contribution in [0.5, 0.6) is 11.5 Å². The molecule has 5 rings (SSSR count). The number of carbonyl (C=O) groups excluding carboxylic acids is 1. The van der Waals surface area contributed by atoms with Crippen LogP contribution in [-0.2, 0) is 0 Å². The molecule has 2 heterocycles. The van der Waals surface area contributed by atoms with E-state index in [9.17, 15) is 4.79 Å². The number of nitrogens with one attached hydrogen (secondary N) is 3. The van der Waals surface area contributed by atoms with Crippen LogP contribution in [0.25, 0.3) is 22.3 Å². The number of carbonyl (C=O) groups is 1. The molecule has 0 bridgehead atoms. The van der Waals surface area contributed by atoms with Gasteiger partial charge in [0.25, 0.3) is 0 Å². The van der Waals surface area contributed by atoms with Gasteiger partial charge in [-0.25, -0.2) is 14.8 Å². The molecule has 2 amide bonds. The number of H-pyrrole nitrogens is 1. The van der Waals surface area contributed by atoms with Crippen molar-refractivity contribution in [3.63, 3.8) is 0 Å². The van der Waals surface area contributed by atoms with Crippen LogP contribution in [0.2, 0.25) is 0 Å². The summed E-state index contributed by atoms with van der Waals surface area (Å²) >= 11 is 0. The number of urea groups is 1. The molecule has 2 aromatic heterocycles. The minimum Gasteiger partial charge on any atom is -0.457 e. The number of anilines is 1. The van der Waals surface area contributed by atoms with Crippen LogP contribution < -0.4 is 15.4 Å². The lowest BCUT2D eigenvalue weighted by Crippen LogP contribution is -2.38. The highest BCUT2D eigenvalue weighted by Crippen LogP contribution is 2.35. The Bertz CT molecular complexity index is 1210. The normalized spacial score (nSPS) is 14.2. The van der Waals surface area contributed by atoms with E-state index in [4.69, 9.17) is 4.74 Å². The minimum atomic E-state index is -0.163. The van der Waals surface area contributed by atoms with E-state index in [1.54, 1.807) is 6.20 Å². The molecule has 0 unspecified atom stereocenters. The lowest BCUT2D eigenvalue weighted by Gasteiger charge is -2.22. The number of fused-ring (bicyclic) bond motifs is 1. The van der Waals surface area contributed by atoms with Crippen LogP contribution in [0.4, 0.5) is 10.5 Å². The summed E-state index contributed by atoms with van der Waals surface area (Å²) in [7, 11) is 0. The molecule has 0 spiro atoms. The molecule has 1 aliphatic carbocycles. The zero-order valence-electron chi connectivity index (χ0n) is 17.5. The number of hydrogen-bond donors (Lipinski definition) is 3. The summed E-state index contributed by atoms with van der Waals surface area (Å²) in [6.45, 7) is 0. The zero-order valence-corrected chi connectivity index (χ0v) is 17.5. The topological polar surface area (TPSA) is 105 Å². The van der Waals surface area contributed by atoms with Gasteiger partial charge in [0.1, 0.15) is 17.8 Å². The SMILES string of the molecule is O=C(Nc1ccc(Oc2ccccc2-c2ncnc3[nH]ncc23)cc1)NC1CCCCC1. The average molecular weight is 428 g/mol. The van der Waals surface area contributed by atoms with Crippen molar-refractivity contribution in [1.29, 1.82) is 0 Å². The number of aromatic nitrogens is 4. The van der Waals surface area contributed by atoms with Gasteiger partial charge in [-0.15, -0.1) is 0 Å². The van der Waals surface area contributed by atoms with Crippen LogP contribution in [0.15, 0.2) is 61.1 Å². The summed E-state index contributed by atoms with van der Waals surface area (Å²) in [4.78, 5) is 20.9. The molecule has 0 atom stereocenters. The summed E-state index contributed by atoms with van der Waals surface area (Å²) < 4.78 is 6.15. The second kappa shape index (κ2) is 9.05. The first-order valence-electron chi connectivity index (χ1n) is 10.9. The maximum atomic E-state index is 12.3. The van der Waals surface area contributed by atoms with Crippen molar-refractivity contribution in [3.05, 3.63) is 61.1 Å². The number of aromatic amines is 1. The fourth-order valence-electron chi connectivity index (χ4n) is 4.06. The zero-order chi connectivity index (χ0) is 21.8. The molecular weight excluding hydrogens is 404 g/mol. The lowest BCUT2D eigenvalue weighted by molar-refractivity contribution is 0.244. The fourth-order valence-corrected chi connectivity index (χ4v) is 4.06. The summed E-state index contributed by atoms with van der Waals surface area (Å²) in [6.07, 6.45) is 8.94. The number of rotatable bonds is 5. The van der Waals surface area contributed by atoms with Gasteiger partial charge in [0, 0.05) is 17.3 Å². The molecule has 1 fully saturated rings. The van der Waals surface area contributed by atoms with Crippen molar-refractivity contribution in [2.45, 2.75) is 38.1 Å². The van der Waals surface area contributed by atoms with Gasteiger partial charge in [0.15, 0.2) is 5.65 Å². The number of benzene rings is 2. The number of nitrogens with zero attached hydrogens (tertiary/aromatic N) is 3. The van der Waals surface area contributed by atoms with E-state index in [0.717, 1.165) is 35.2 Å². The Morgan fingerprint density at radius 3 is 2.66 bits per heavy atom. The number of para-hydroxylation sites is 1. The molecular formula is C24H24N6O2. The second-order valence-corrected chi connectivity index (χ2v) is 7.91. The fraction of sp³-hybridized carbons (Fsp3) is 0.250. The Morgan fingerprint density at radius 2 is 1.81 bits per heavy atom. The maximum Gasteiger partial charge on any atom is 0.319 e. The van der Waals surface area contributed by atoms with E-state index in [0.29, 0.717) is 17.1 Å². The van der Waals surface area contributed by atoms with E-state index in [-0.39, 0.29) is 12.1 Å². The first-order chi connectivity index (χ1) is 15.8. The Hall–Kier alpha value is -3.94. The minimum absolute atomic E-state index is 0.163. The van der Waals surface area contributed by atoms with Gasteiger partial charge in [-0.05, 0) is 49.2 Å². The maximum absolute atomic E-state index is 12.3. The Kier molecular flexibility index (Phi) is 5.65. The standard InChI is InChI=1S/C24H24N6O2/c31-24(28-16-6-2-1-3-7-16)29-17-10-12-18(13-11-17)32-21-9-5-4-8-19(21)22-20-14-27-30-23(20)26-15-25-22/h4-5,8-16H,1-3,6-7H2,(H2,28,29,31)(H,25,26,27,30). The lowest BCUT2D eigenvalue weighted by atomic mass is 9.96. The van der Waals surface area contributed by atoms with E-state index in [1.165, 1.54) is 25.6 Å².